The third-order valence-corrected chi connectivity index (χ3v) is 5.56. The normalized spacial score (nSPS) is 13.9. The third kappa shape index (κ3) is 4.17. The molecule has 0 atom stereocenters. The van der Waals surface area contributed by atoms with Crippen LogP contribution in [0.2, 0.25) is 0 Å². The fourth-order valence-electron chi connectivity index (χ4n) is 3.87. The molecule has 1 saturated heterocycles. The molecule has 0 unspecified atom stereocenters. The summed E-state index contributed by atoms with van der Waals surface area (Å²) in [4.78, 5) is 11.4. The van der Waals surface area contributed by atoms with Crippen molar-refractivity contribution in [1.29, 1.82) is 0 Å². The Morgan fingerprint density at radius 3 is 2.66 bits per heavy atom. The van der Waals surface area contributed by atoms with Crippen LogP contribution in [-0.2, 0) is 4.74 Å². The minimum atomic E-state index is 0.522. The van der Waals surface area contributed by atoms with E-state index in [9.17, 15) is 0 Å². The zero-order valence-electron chi connectivity index (χ0n) is 18.2. The van der Waals surface area contributed by atoms with E-state index in [4.69, 9.17) is 4.74 Å². The summed E-state index contributed by atoms with van der Waals surface area (Å²) >= 11 is 0. The molecule has 2 aromatic carbocycles. The van der Waals surface area contributed by atoms with E-state index in [1.54, 1.807) is 6.20 Å². The van der Waals surface area contributed by atoms with E-state index < -0.39 is 0 Å². The highest BCUT2D eigenvalue weighted by atomic mass is 16.5. The maximum absolute atomic E-state index is 5.46. The Hall–Kier alpha value is -3.78. The van der Waals surface area contributed by atoms with Gasteiger partial charge in [-0.05, 0) is 43.7 Å². The summed E-state index contributed by atoms with van der Waals surface area (Å²) in [5, 5.41) is 16.4. The number of fused-ring (bicyclic) bond motifs is 1. The summed E-state index contributed by atoms with van der Waals surface area (Å²) in [7, 11) is 0. The molecule has 1 aliphatic heterocycles. The van der Waals surface area contributed by atoms with Crippen LogP contribution in [-0.4, -0.2) is 46.5 Å². The summed E-state index contributed by atoms with van der Waals surface area (Å²) in [6, 6.07) is 16.2. The molecular weight excluding hydrogens is 402 g/mol. The number of hydrogen-bond acceptors (Lipinski definition) is 8. The van der Waals surface area contributed by atoms with E-state index in [-0.39, 0.29) is 0 Å². The Balaban J connectivity index is 1.39. The van der Waals surface area contributed by atoms with Crippen molar-refractivity contribution >= 4 is 39.7 Å². The number of hydrogen-bond donors (Lipinski definition) is 2. The van der Waals surface area contributed by atoms with E-state index in [2.05, 4.69) is 47.8 Å². The first-order chi connectivity index (χ1) is 15.7. The van der Waals surface area contributed by atoms with E-state index >= 15 is 0 Å². The molecule has 1 aliphatic rings. The van der Waals surface area contributed by atoms with Crippen LogP contribution >= 0.6 is 0 Å². The molecule has 0 radical (unpaired) electrons. The van der Waals surface area contributed by atoms with Crippen LogP contribution in [0.3, 0.4) is 0 Å². The van der Waals surface area contributed by atoms with Gasteiger partial charge in [-0.3, -0.25) is 0 Å². The number of ether oxygens (including phenoxy) is 1. The Kier molecular flexibility index (Phi) is 5.51. The summed E-state index contributed by atoms with van der Waals surface area (Å²) in [6.45, 7) is 7.28. The van der Waals surface area contributed by atoms with E-state index in [1.807, 2.05) is 50.2 Å². The molecule has 0 spiro atoms. The van der Waals surface area contributed by atoms with E-state index in [0.29, 0.717) is 11.8 Å². The lowest BCUT2D eigenvalue weighted by atomic mass is 10.1. The number of nitrogens with zero attached hydrogens (tertiary/aromatic N) is 5. The summed E-state index contributed by atoms with van der Waals surface area (Å²) < 4.78 is 5.46. The van der Waals surface area contributed by atoms with Gasteiger partial charge in [-0.1, -0.05) is 24.3 Å². The van der Waals surface area contributed by atoms with Crippen LogP contribution in [0.4, 0.5) is 28.8 Å². The van der Waals surface area contributed by atoms with Gasteiger partial charge in [-0.15, -0.1) is 5.10 Å². The molecule has 2 aromatic heterocycles. The first-order valence-electron chi connectivity index (χ1n) is 10.7. The van der Waals surface area contributed by atoms with Crippen molar-refractivity contribution in [2.24, 2.45) is 0 Å². The number of nitrogens with one attached hydrogen (secondary N) is 2. The minimum absolute atomic E-state index is 0.522. The van der Waals surface area contributed by atoms with Gasteiger partial charge in [0.05, 0.1) is 30.1 Å². The Morgan fingerprint density at radius 1 is 0.938 bits per heavy atom. The molecule has 8 nitrogen and oxygen atoms in total. The second-order valence-corrected chi connectivity index (χ2v) is 7.80. The lowest BCUT2D eigenvalue weighted by molar-refractivity contribution is 0.122. The van der Waals surface area contributed by atoms with Gasteiger partial charge in [0, 0.05) is 36.0 Å². The van der Waals surface area contributed by atoms with Crippen molar-refractivity contribution in [3.8, 4) is 0 Å². The van der Waals surface area contributed by atoms with Gasteiger partial charge in [0.1, 0.15) is 5.82 Å². The highest BCUT2D eigenvalue weighted by Gasteiger charge is 2.13. The van der Waals surface area contributed by atoms with Crippen molar-refractivity contribution < 1.29 is 4.74 Å². The largest absolute Gasteiger partial charge is 0.378 e. The predicted molar refractivity (Wildman–Crippen MR) is 127 cm³/mol. The molecular formula is C24H25N7O. The fraction of sp³-hybridized carbons (Fsp3) is 0.250. The van der Waals surface area contributed by atoms with Crippen LogP contribution in [0, 0.1) is 13.8 Å². The van der Waals surface area contributed by atoms with Crippen molar-refractivity contribution in [3.05, 3.63) is 66.0 Å². The van der Waals surface area contributed by atoms with Crippen molar-refractivity contribution in [3.63, 3.8) is 0 Å². The molecule has 0 saturated carbocycles. The number of morpholine rings is 1. The SMILES string of the molecule is Cc1nnc2c(C)cccc2c1Nc1ccnc(Nc2cccc(N3CCOCC3)c2)n1. The van der Waals surface area contributed by atoms with Gasteiger partial charge in [0.25, 0.3) is 0 Å². The quantitative estimate of drug-likeness (QED) is 0.486. The van der Waals surface area contributed by atoms with Crippen LogP contribution < -0.4 is 15.5 Å². The first kappa shape index (κ1) is 20.1. The second kappa shape index (κ2) is 8.76. The molecule has 0 bridgehead atoms. The fourth-order valence-corrected chi connectivity index (χ4v) is 3.87. The van der Waals surface area contributed by atoms with Gasteiger partial charge in [0.15, 0.2) is 0 Å². The molecule has 162 valence electrons. The molecule has 1 fully saturated rings. The van der Waals surface area contributed by atoms with Gasteiger partial charge in [0.2, 0.25) is 5.95 Å². The van der Waals surface area contributed by atoms with Gasteiger partial charge in [-0.2, -0.15) is 10.1 Å². The molecule has 32 heavy (non-hydrogen) atoms. The van der Waals surface area contributed by atoms with Gasteiger partial charge in [-0.25, -0.2) is 4.98 Å². The first-order valence-corrected chi connectivity index (χ1v) is 10.7. The lowest BCUT2D eigenvalue weighted by Gasteiger charge is -2.29. The summed E-state index contributed by atoms with van der Waals surface area (Å²) in [6.07, 6.45) is 1.74. The lowest BCUT2D eigenvalue weighted by Crippen LogP contribution is -2.36. The number of benzene rings is 2. The summed E-state index contributed by atoms with van der Waals surface area (Å²) in [5.41, 5.74) is 5.78. The molecule has 5 rings (SSSR count). The van der Waals surface area contributed by atoms with Crippen LogP contribution in [0.1, 0.15) is 11.3 Å². The molecule has 0 amide bonds. The number of rotatable bonds is 5. The molecule has 0 aliphatic carbocycles. The molecule has 3 heterocycles. The molecule has 4 aromatic rings. The second-order valence-electron chi connectivity index (χ2n) is 7.80. The average molecular weight is 428 g/mol. The summed E-state index contributed by atoms with van der Waals surface area (Å²) in [5.74, 6) is 1.21. The monoisotopic (exact) mass is 427 g/mol. The minimum Gasteiger partial charge on any atom is -0.378 e. The topological polar surface area (TPSA) is 88.1 Å². The molecule has 2 N–H and O–H groups in total. The average Bonchev–Trinajstić information content (AvgIpc) is 2.82. The zero-order chi connectivity index (χ0) is 21.9. The van der Waals surface area contributed by atoms with Crippen molar-refractivity contribution in [1.82, 2.24) is 20.2 Å². The van der Waals surface area contributed by atoms with E-state index in [1.165, 1.54) is 0 Å². The maximum Gasteiger partial charge on any atom is 0.229 e. The van der Waals surface area contributed by atoms with Gasteiger partial charge >= 0.3 is 0 Å². The Bertz CT molecular complexity index is 1250. The number of aromatic nitrogens is 4. The van der Waals surface area contributed by atoms with Crippen LogP contribution in [0.15, 0.2) is 54.7 Å². The highest BCUT2D eigenvalue weighted by Crippen LogP contribution is 2.29. The van der Waals surface area contributed by atoms with Crippen LogP contribution in [0.5, 0.6) is 0 Å². The van der Waals surface area contributed by atoms with Gasteiger partial charge < -0.3 is 20.3 Å². The standard InChI is InChI=1S/C24H25N7O/c1-16-5-3-8-20-22(16)30-29-17(2)23(20)27-21-9-10-25-24(28-21)26-18-6-4-7-19(15-18)31-11-13-32-14-12-31/h3-10,15H,11-14H2,1-2H3,(H2,25,26,27,28,30). The zero-order valence-corrected chi connectivity index (χ0v) is 18.2. The Labute approximate surface area is 186 Å². The predicted octanol–water partition coefficient (Wildman–Crippen LogP) is 4.36. The smallest absolute Gasteiger partial charge is 0.229 e. The van der Waals surface area contributed by atoms with Crippen LogP contribution in [0.25, 0.3) is 10.9 Å². The maximum atomic E-state index is 5.46. The third-order valence-electron chi connectivity index (χ3n) is 5.56. The number of anilines is 5. The van der Waals surface area contributed by atoms with Crippen molar-refractivity contribution in [2.75, 3.05) is 41.8 Å². The Morgan fingerprint density at radius 2 is 1.78 bits per heavy atom. The van der Waals surface area contributed by atoms with E-state index in [0.717, 1.165) is 65.5 Å². The molecule has 8 heteroatoms. The number of aryl methyl sites for hydroxylation is 2. The van der Waals surface area contributed by atoms with Crippen molar-refractivity contribution in [2.45, 2.75) is 13.8 Å². The highest BCUT2D eigenvalue weighted by molar-refractivity contribution is 5.95.